The van der Waals surface area contributed by atoms with Crippen LogP contribution in [0.5, 0.6) is 0 Å². The van der Waals surface area contributed by atoms with E-state index in [-0.39, 0.29) is 18.0 Å². The Hall–Kier alpha value is -2.17. The van der Waals surface area contributed by atoms with E-state index in [1.54, 1.807) is 33.5 Å². The van der Waals surface area contributed by atoms with Gasteiger partial charge in [-0.1, -0.05) is 18.9 Å². The predicted molar refractivity (Wildman–Crippen MR) is 120 cm³/mol. The van der Waals surface area contributed by atoms with Gasteiger partial charge in [0.1, 0.15) is 0 Å². The molecule has 1 aromatic rings. The molecule has 10 heteroatoms. The van der Waals surface area contributed by atoms with Crippen LogP contribution in [0.3, 0.4) is 0 Å². The van der Waals surface area contributed by atoms with Crippen LogP contribution >= 0.6 is 0 Å². The van der Waals surface area contributed by atoms with Crippen molar-refractivity contribution < 1.29 is 18.0 Å². The highest BCUT2D eigenvalue weighted by molar-refractivity contribution is 7.86. The summed E-state index contributed by atoms with van der Waals surface area (Å²) in [5, 5.41) is 5.47. The molecule has 0 saturated carbocycles. The molecule has 3 rings (SSSR count). The van der Waals surface area contributed by atoms with Gasteiger partial charge in [0.25, 0.3) is 16.1 Å². The first-order chi connectivity index (χ1) is 14.8. The molecule has 2 aliphatic rings. The van der Waals surface area contributed by atoms with E-state index in [1.165, 1.54) is 4.31 Å². The molecule has 1 aromatic carbocycles. The van der Waals surface area contributed by atoms with Crippen LogP contribution in [0.1, 0.15) is 49.9 Å². The molecule has 0 unspecified atom stereocenters. The summed E-state index contributed by atoms with van der Waals surface area (Å²) in [6.07, 6.45) is 3.94. The van der Waals surface area contributed by atoms with E-state index >= 15 is 0 Å². The third-order valence-electron chi connectivity index (χ3n) is 5.53. The van der Waals surface area contributed by atoms with Gasteiger partial charge in [0.05, 0.1) is 0 Å². The third kappa shape index (κ3) is 6.18. The molecule has 2 saturated heterocycles. The maximum atomic E-state index is 13.0. The molecule has 9 nitrogen and oxygen atoms in total. The van der Waals surface area contributed by atoms with Crippen molar-refractivity contribution in [2.45, 2.75) is 45.6 Å². The number of hydrogen-bond acceptors (Lipinski definition) is 4. The van der Waals surface area contributed by atoms with Crippen LogP contribution in [0.15, 0.2) is 24.3 Å². The number of rotatable bonds is 5. The van der Waals surface area contributed by atoms with Gasteiger partial charge in [0.2, 0.25) is 0 Å². The lowest BCUT2D eigenvalue weighted by Crippen LogP contribution is -2.54. The van der Waals surface area contributed by atoms with Crippen LogP contribution in [-0.4, -0.2) is 79.2 Å². The highest BCUT2D eigenvalue weighted by atomic mass is 32.2. The first-order valence-electron chi connectivity index (χ1n) is 11.0. The van der Waals surface area contributed by atoms with Crippen molar-refractivity contribution in [2.75, 3.05) is 44.6 Å². The Kier molecular flexibility index (Phi) is 7.90. The number of carbonyl (C=O) groups is 2. The van der Waals surface area contributed by atoms with E-state index in [1.807, 2.05) is 13.8 Å². The molecule has 0 bridgehead atoms. The summed E-state index contributed by atoms with van der Waals surface area (Å²) < 4.78 is 29.0. The Labute approximate surface area is 184 Å². The molecular weight excluding hydrogens is 418 g/mol. The summed E-state index contributed by atoms with van der Waals surface area (Å²) in [7, 11) is -3.48. The molecule has 0 atom stereocenters. The summed E-state index contributed by atoms with van der Waals surface area (Å²) >= 11 is 0. The fourth-order valence-electron chi connectivity index (χ4n) is 3.90. The quantitative estimate of drug-likeness (QED) is 0.716. The second-order valence-corrected chi connectivity index (χ2v) is 10.3. The number of nitrogens with one attached hydrogen (secondary N) is 2. The van der Waals surface area contributed by atoms with E-state index in [0.29, 0.717) is 50.5 Å². The van der Waals surface area contributed by atoms with Gasteiger partial charge >= 0.3 is 6.03 Å². The Bertz CT molecular complexity index is 874. The van der Waals surface area contributed by atoms with Crippen LogP contribution in [0.2, 0.25) is 0 Å². The second kappa shape index (κ2) is 10.4. The Morgan fingerprint density at radius 3 is 2.13 bits per heavy atom. The minimum absolute atomic E-state index is 0.00621. The fourth-order valence-corrected chi connectivity index (χ4v) is 5.57. The largest absolute Gasteiger partial charge is 0.336 e. The van der Waals surface area contributed by atoms with Crippen LogP contribution in [-0.2, 0) is 10.2 Å². The smallest absolute Gasteiger partial charge is 0.319 e. The number of urea groups is 1. The normalized spacial score (nSPS) is 19.1. The topological polar surface area (TPSA) is 102 Å². The summed E-state index contributed by atoms with van der Waals surface area (Å²) in [5.41, 5.74) is 0.998. The van der Waals surface area contributed by atoms with Crippen molar-refractivity contribution >= 4 is 27.8 Å². The maximum absolute atomic E-state index is 13.0. The molecule has 2 aliphatic heterocycles. The Morgan fingerprint density at radius 1 is 0.903 bits per heavy atom. The molecular formula is C21H33N5O4S. The number of hydrogen-bond donors (Lipinski definition) is 2. The zero-order chi connectivity index (χ0) is 22.4. The number of piperazine rings is 1. The van der Waals surface area contributed by atoms with E-state index in [4.69, 9.17) is 0 Å². The molecule has 31 heavy (non-hydrogen) atoms. The van der Waals surface area contributed by atoms with Crippen LogP contribution < -0.4 is 10.6 Å². The zero-order valence-corrected chi connectivity index (χ0v) is 19.2. The number of nitrogens with zero attached hydrogens (tertiary/aromatic N) is 3. The summed E-state index contributed by atoms with van der Waals surface area (Å²) in [6, 6.07) is 6.47. The molecule has 0 aliphatic carbocycles. The number of anilines is 1. The Morgan fingerprint density at radius 2 is 1.52 bits per heavy atom. The zero-order valence-electron chi connectivity index (χ0n) is 18.3. The maximum Gasteiger partial charge on any atom is 0.319 e. The number of amides is 3. The highest BCUT2D eigenvalue weighted by Gasteiger charge is 2.33. The first-order valence-corrected chi connectivity index (χ1v) is 12.4. The molecule has 0 radical (unpaired) electrons. The van der Waals surface area contributed by atoms with Crippen molar-refractivity contribution in [3.8, 4) is 0 Å². The molecule has 2 heterocycles. The van der Waals surface area contributed by atoms with E-state index in [0.717, 1.165) is 25.7 Å². The van der Waals surface area contributed by atoms with Gasteiger partial charge in [-0.2, -0.15) is 17.0 Å². The van der Waals surface area contributed by atoms with Gasteiger partial charge in [-0.25, -0.2) is 4.79 Å². The monoisotopic (exact) mass is 451 g/mol. The van der Waals surface area contributed by atoms with Crippen LogP contribution in [0, 0.1) is 0 Å². The molecule has 2 N–H and O–H groups in total. The SMILES string of the molecule is CC(C)NC(=O)Nc1cccc(C(=O)N2CCN(S(=O)(=O)N3CCCCCC3)CC2)c1. The van der Waals surface area contributed by atoms with Crippen LogP contribution in [0.25, 0.3) is 0 Å². The second-order valence-electron chi connectivity index (χ2n) is 8.35. The molecule has 2 fully saturated rings. The number of benzene rings is 1. The van der Waals surface area contributed by atoms with Crippen molar-refractivity contribution in [1.29, 1.82) is 0 Å². The van der Waals surface area contributed by atoms with Gasteiger partial charge in [-0.15, -0.1) is 0 Å². The molecule has 0 spiro atoms. The highest BCUT2D eigenvalue weighted by Crippen LogP contribution is 2.19. The van der Waals surface area contributed by atoms with E-state index < -0.39 is 10.2 Å². The lowest BCUT2D eigenvalue weighted by Gasteiger charge is -2.36. The lowest BCUT2D eigenvalue weighted by molar-refractivity contribution is 0.0694. The summed E-state index contributed by atoms with van der Waals surface area (Å²) in [6.45, 7) is 6.16. The standard InChI is InChI=1S/C21H33N5O4S/c1-17(2)22-21(28)23-19-9-7-8-18(16-19)20(27)24-12-14-26(15-13-24)31(29,30)25-10-5-3-4-6-11-25/h7-9,16-17H,3-6,10-15H2,1-2H3,(H2,22,23,28). The molecule has 172 valence electrons. The Balaban J connectivity index is 1.59. The van der Waals surface area contributed by atoms with Gasteiger partial charge < -0.3 is 15.5 Å². The average Bonchev–Trinajstić information content (AvgIpc) is 3.03. The van der Waals surface area contributed by atoms with Crippen molar-refractivity contribution in [3.05, 3.63) is 29.8 Å². The van der Waals surface area contributed by atoms with Gasteiger partial charge in [-0.3, -0.25) is 4.79 Å². The van der Waals surface area contributed by atoms with Gasteiger partial charge in [0.15, 0.2) is 0 Å². The first kappa shape index (κ1) is 23.5. The van der Waals surface area contributed by atoms with E-state index in [2.05, 4.69) is 10.6 Å². The van der Waals surface area contributed by atoms with E-state index in [9.17, 15) is 18.0 Å². The predicted octanol–water partition coefficient (Wildman–Crippen LogP) is 2.10. The summed E-state index contributed by atoms with van der Waals surface area (Å²) in [5.74, 6) is -0.167. The molecule has 0 aromatic heterocycles. The van der Waals surface area contributed by atoms with Crippen molar-refractivity contribution in [1.82, 2.24) is 18.8 Å². The lowest BCUT2D eigenvalue weighted by atomic mass is 10.1. The fraction of sp³-hybridized carbons (Fsp3) is 0.619. The molecule has 3 amide bonds. The van der Waals surface area contributed by atoms with Crippen molar-refractivity contribution in [2.24, 2.45) is 0 Å². The average molecular weight is 452 g/mol. The summed E-state index contributed by atoms with van der Waals surface area (Å²) in [4.78, 5) is 26.5. The van der Waals surface area contributed by atoms with Gasteiger partial charge in [-0.05, 0) is 44.9 Å². The third-order valence-corrected chi connectivity index (χ3v) is 7.57. The minimum atomic E-state index is -3.48. The number of carbonyl (C=O) groups excluding carboxylic acids is 2. The minimum Gasteiger partial charge on any atom is -0.336 e. The van der Waals surface area contributed by atoms with Gasteiger partial charge in [0, 0.05) is 56.6 Å². The van der Waals surface area contributed by atoms with Crippen LogP contribution in [0.4, 0.5) is 10.5 Å². The van der Waals surface area contributed by atoms with Crippen molar-refractivity contribution in [3.63, 3.8) is 0 Å².